The molecular formula is C13H16N4O. The van der Waals surface area contributed by atoms with Crippen molar-refractivity contribution in [2.75, 3.05) is 13.1 Å². The molecule has 5 N–H and O–H groups in total. The van der Waals surface area contributed by atoms with E-state index in [1.807, 2.05) is 36.7 Å². The van der Waals surface area contributed by atoms with Gasteiger partial charge < -0.3 is 21.4 Å². The minimum Gasteiger partial charge on any atom is -0.388 e. The van der Waals surface area contributed by atoms with Crippen molar-refractivity contribution in [2.45, 2.75) is 0 Å². The lowest BCUT2D eigenvalue weighted by molar-refractivity contribution is 0.0996. The van der Waals surface area contributed by atoms with Crippen LogP contribution in [0.15, 0.2) is 42.7 Å². The Labute approximate surface area is 105 Å². The first kappa shape index (κ1) is 12.0. The molecule has 0 saturated carbocycles. The van der Waals surface area contributed by atoms with Crippen molar-refractivity contribution in [1.29, 1.82) is 0 Å². The standard InChI is InChI=1S/C9H8N2O.C4H8N2/c10-9(12)8-5-6-3-1-2-4-7(6)11-8;1-2-6-4-3-5-1/h1-5,11H,(H2,10,12);1-2,5-6H,3-4H2. The van der Waals surface area contributed by atoms with Crippen LogP contribution in [0.2, 0.25) is 0 Å². The zero-order valence-corrected chi connectivity index (χ0v) is 9.94. The SMILES string of the molecule is C1=CNCCN1.NC(=O)c1cc2ccccc2[nH]1. The van der Waals surface area contributed by atoms with Gasteiger partial charge in [-0.1, -0.05) is 18.2 Å². The normalized spacial score (nSPS) is 13.1. The molecule has 0 fully saturated rings. The van der Waals surface area contributed by atoms with Gasteiger partial charge in [-0.2, -0.15) is 0 Å². The van der Waals surface area contributed by atoms with Crippen LogP contribution < -0.4 is 16.4 Å². The Morgan fingerprint density at radius 1 is 1.11 bits per heavy atom. The lowest BCUT2D eigenvalue weighted by atomic mass is 10.2. The number of amides is 1. The van der Waals surface area contributed by atoms with E-state index < -0.39 is 5.91 Å². The molecule has 1 aliphatic rings. The van der Waals surface area contributed by atoms with Gasteiger partial charge in [0, 0.05) is 36.4 Å². The molecule has 1 aliphatic heterocycles. The molecule has 0 unspecified atom stereocenters. The molecule has 0 spiro atoms. The molecule has 1 aromatic heterocycles. The second kappa shape index (κ2) is 5.77. The molecule has 5 nitrogen and oxygen atoms in total. The van der Waals surface area contributed by atoms with E-state index in [0.717, 1.165) is 24.0 Å². The number of benzene rings is 1. The van der Waals surface area contributed by atoms with Crippen molar-refractivity contribution in [2.24, 2.45) is 5.73 Å². The van der Waals surface area contributed by atoms with E-state index in [-0.39, 0.29) is 0 Å². The number of hydrogen-bond donors (Lipinski definition) is 4. The number of carbonyl (C=O) groups excluding carboxylic acids is 1. The Morgan fingerprint density at radius 3 is 2.28 bits per heavy atom. The Bertz CT molecular complexity index is 518. The zero-order valence-electron chi connectivity index (χ0n) is 9.94. The lowest BCUT2D eigenvalue weighted by Gasteiger charge is -2.05. The summed E-state index contributed by atoms with van der Waals surface area (Å²) >= 11 is 0. The molecule has 0 atom stereocenters. The highest BCUT2D eigenvalue weighted by Crippen LogP contribution is 2.13. The summed E-state index contributed by atoms with van der Waals surface area (Å²) in [5.41, 5.74) is 6.50. The Balaban J connectivity index is 0.000000169. The van der Waals surface area contributed by atoms with Gasteiger partial charge in [0.05, 0.1) is 0 Å². The number of aromatic nitrogens is 1. The van der Waals surface area contributed by atoms with E-state index >= 15 is 0 Å². The largest absolute Gasteiger partial charge is 0.388 e. The molecular weight excluding hydrogens is 228 g/mol. The molecule has 1 aromatic carbocycles. The first-order valence-corrected chi connectivity index (χ1v) is 5.77. The summed E-state index contributed by atoms with van der Waals surface area (Å²) in [7, 11) is 0. The molecule has 94 valence electrons. The maximum atomic E-state index is 10.8. The maximum Gasteiger partial charge on any atom is 0.265 e. The van der Waals surface area contributed by atoms with Gasteiger partial charge in [-0.15, -0.1) is 0 Å². The lowest BCUT2D eigenvalue weighted by Crippen LogP contribution is -2.25. The van der Waals surface area contributed by atoms with E-state index in [1.165, 1.54) is 0 Å². The summed E-state index contributed by atoms with van der Waals surface area (Å²) in [4.78, 5) is 13.7. The highest BCUT2D eigenvalue weighted by molar-refractivity contribution is 5.96. The molecule has 0 aliphatic carbocycles. The summed E-state index contributed by atoms with van der Waals surface area (Å²) < 4.78 is 0. The van der Waals surface area contributed by atoms with Crippen LogP contribution in [-0.4, -0.2) is 24.0 Å². The van der Waals surface area contributed by atoms with Gasteiger partial charge >= 0.3 is 0 Å². The number of nitrogens with one attached hydrogen (secondary N) is 3. The summed E-state index contributed by atoms with van der Waals surface area (Å²) in [6.45, 7) is 2.10. The van der Waals surface area contributed by atoms with Gasteiger partial charge in [0.1, 0.15) is 5.69 Å². The summed E-state index contributed by atoms with van der Waals surface area (Å²) in [6, 6.07) is 9.41. The van der Waals surface area contributed by atoms with E-state index in [2.05, 4.69) is 15.6 Å². The van der Waals surface area contributed by atoms with Crippen molar-refractivity contribution in [3.63, 3.8) is 0 Å². The van der Waals surface area contributed by atoms with E-state index in [1.54, 1.807) is 6.07 Å². The van der Waals surface area contributed by atoms with Crippen LogP contribution >= 0.6 is 0 Å². The third-order valence-corrected chi connectivity index (χ3v) is 2.53. The van der Waals surface area contributed by atoms with Gasteiger partial charge in [-0.05, 0) is 12.1 Å². The van der Waals surface area contributed by atoms with Crippen LogP contribution in [-0.2, 0) is 0 Å². The molecule has 5 heteroatoms. The summed E-state index contributed by atoms with van der Waals surface area (Å²) in [5, 5.41) is 7.09. The number of hydrogen-bond acceptors (Lipinski definition) is 3. The number of primary amides is 1. The predicted molar refractivity (Wildman–Crippen MR) is 72.0 cm³/mol. The van der Waals surface area contributed by atoms with Gasteiger partial charge in [0.25, 0.3) is 5.91 Å². The van der Waals surface area contributed by atoms with E-state index in [9.17, 15) is 4.79 Å². The molecule has 18 heavy (non-hydrogen) atoms. The minimum atomic E-state index is -0.425. The highest BCUT2D eigenvalue weighted by Gasteiger charge is 2.03. The Morgan fingerprint density at radius 2 is 1.78 bits per heavy atom. The van der Waals surface area contributed by atoms with Crippen molar-refractivity contribution in [3.05, 3.63) is 48.4 Å². The number of para-hydroxylation sites is 1. The fourth-order valence-electron chi connectivity index (χ4n) is 1.63. The first-order valence-electron chi connectivity index (χ1n) is 5.77. The molecule has 2 heterocycles. The second-order valence-corrected chi connectivity index (χ2v) is 3.88. The van der Waals surface area contributed by atoms with Crippen molar-refractivity contribution >= 4 is 16.8 Å². The summed E-state index contributed by atoms with van der Waals surface area (Å²) in [5.74, 6) is -0.425. The topological polar surface area (TPSA) is 82.9 Å². The fourth-order valence-corrected chi connectivity index (χ4v) is 1.63. The molecule has 3 rings (SSSR count). The predicted octanol–water partition coefficient (Wildman–Crippen LogP) is 0.917. The first-order chi connectivity index (χ1) is 8.77. The quantitative estimate of drug-likeness (QED) is 0.602. The zero-order chi connectivity index (χ0) is 12.8. The second-order valence-electron chi connectivity index (χ2n) is 3.88. The number of nitrogens with two attached hydrogens (primary N) is 1. The average molecular weight is 244 g/mol. The number of carbonyl (C=O) groups is 1. The number of H-pyrrole nitrogens is 1. The van der Waals surface area contributed by atoms with E-state index in [4.69, 9.17) is 5.73 Å². The van der Waals surface area contributed by atoms with Crippen LogP contribution in [0.4, 0.5) is 0 Å². The average Bonchev–Trinajstić information content (AvgIpc) is 2.85. The Hall–Kier alpha value is -2.43. The van der Waals surface area contributed by atoms with Crippen molar-refractivity contribution in [1.82, 2.24) is 15.6 Å². The molecule has 2 aromatic rings. The maximum absolute atomic E-state index is 10.8. The monoisotopic (exact) mass is 244 g/mol. The molecule has 0 bridgehead atoms. The van der Waals surface area contributed by atoms with Crippen LogP contribution in [0.3, 0.4) is 0 Å². The third-order valence-electron chi connectivity index (χ3n) is 2.53. The van der Waals surface area contributed by atoms with Gasteiger partial charge in [0.2, 0.25) is 0 Å². The van der Waals surface area contributed by atoms with Crippen LogP contribution in [0, 0.1) is 0 Å². The number of fused-ring (bicyclic) bond motifs is 1. The minimum absolute atomic E-state index is 0.425. The van der Waals surface area contributed by atoms with Gasteiger partial charge in [-0.25, -0.2) is 0 Å². The molecule has 0 radical (unpaired) electrons. The van der Waals surface area contributed by atoms with E-state index in [0.29, 0.717) is 5.69 Å². The fraction of sp³-hybridized carbons (Fsp3) is 0.154. The van der Waals surface area contributed by atoms with Crippen LogP contribution in [0.5, 0.6) is 0 Å². The third kappa shape index (κ3) is 3.04. The molecule has 1 amide bonds. The number of rotatable bonds is 1. The highest BCUT2D eigenvalue weighted by atomic mass is 16.1. The Kier molecular flexibility index (Phi) is 3.86. The van der Waals surface area contributed by atoms with Gasteiger partial charge in [0.15, 0.2) is 0 Å². The smallest absolute Gasteiger partial charge is 0.265 e. The summed E-state index contributed by atoms with van der Waals surface area (Å²) in [6.07, 6.45) is 3.81. The molecule has 0 saturated heterocycles. The van der Waals surface area contributed by atoms with Crippen LogP contribution in [0.25, 0.3) is 10.9 Å². The van der Waals surface area contributed by atoms with Gasteiger partial charge in [-0.3, -0.25) is 4.79 Å². The number of aromatic amines is 1. The van der Waals surface area contributed by atoms with Crippen LogP contribution in [0.1, 0.15) is 10.5 Å². The van der Waals surface area contributed by atoms with Crippen molar-refractivity contribution in [3.8, 4) is 0 Å². The van der Waals surface area contributed by atoms with Crippen molar-refractivity contribution < 1.29 is 4.79 Å².